The maximum absolute atomic E-state index is 13.8. The molecule has 3 aliphatic carbocycles. The molecular weight excluding hydrogens is 394 g/mol. The first-order valence-corrected chi connectivity index (χ1v) is 11.3. The van der Waals surface area contributed by atoms with E-state index in [4.69, 9.17) is 0 Å². The molecule has 0 aliphatic heterocycles. The number of aliphatic imine (C=N–C) groups is 2. The average molecular weight is 424 g/mol. The van der Waals surface area contributed by atoms with Crippen LogP contribution in [0.25, 0.3) is 0 Å². The molecule has 3 unspecified atom stereocenters. The molecule has 4 rings (SSSR count). The van der Waals surface area contributed by atoms with Gasteiger partial charge in [0.25, 0.3) is 0 Å². The van der Waals surface area contributed by atoms with Crippen molar-refractivity contribution in [3.05, 3.63) is 81.6 Å². The molecule has 32 heavy (non-hydrogen) atoms. The second-order valence-electron chi connectivity index (χ2n) is 8.90. The zero-order chi connectivity index (χ0) is 22.8. The first-order chi connectivity index (χ1) is 15.5. The predicted octanol–water partition coefficient (Wildman–Crippen LogP) is 5.97. The summed E-state index contributed by atoms with van der Waals surface area (Å²) in [5.74, 6) is 0.911. The van der Waals surface area contributed by atoms with Crippen LogP contribution in [0.2, 0.25) is 0 Å². The molecule has 1 aromatic carbocycles. The van der Waals surface area contributed by atoms with Crippen molar-refractivity contribution in [2.75, 3.05) is 0 Å². The molecule has 1 aromatic rings. The van der Waals surface area contributed by atoms with Gasteiger partial charge in [-0.1, -0.05) is 37.3 Å². The third-order valence-corrected chi connectivity index (χ3v) is 7.34. The summed E-state index contributed by atoms with van der Waals surface area (Å²) in [5, 5.41) is 9.63. The van der Waals surface area contributed by atoms with Crippen LogP contribution in [-0.4, -0.2) is 18.7 Å². The van der Waals surface area contributed by atoms with Crippen molar-refractivity contribution in [3.63, 3.8) is 0 Å². The van der Waals surface area contributed by atoms with Crippen molar-refractivity contribution in [1.82, 2.24) is 0 Å². The maximum atomic E-state index is 13.8. The number of carbonyl (C=O) groups is 1. The van der Waals surface area contributed by atoms with Crippen molar-refractivity contribution in [2.45, 2.75) is 46.1 Å². The number of allylic oxidation sites excluding steroid dienone is 6. The number of nitrogens with zero attached hydrogens (tertiary/aromatic N) is 3. The molecule has 0 radical (unpaired) electrons. The molecule has 0 spiro atoms. The summed E-state index contributed by atoms with van der Waals surface area (Å²) >= 11 is 0. The lowest BCUT2D eigenvalue weighted by Gasteiger charge is -2.45. The molecule has 162 valence electrons. The van der Waals surface area contributed by atoms with Gasteiger partial charge in [-0.05, 0) is 79.5 Å². The Morgan fingerprint density at radius 3 is 2.84 bits per heavy atom. The van der Waals surface area contributed by atoms with E-state index in [1.807, 2.05) is 19.1 Å². The maximum Gasteiger partial charge on any atom is 0.189 e. The minimum absolute atomic E-state index is 0.175. The lowest BCUT2D eigenvalue weighted by atomic mass is 9.58. The van der Waals surface area contributed by atoms with E-state index in [0.717, 1.165) is 64.7 Å². The Balaban J connectivity index is 1.74. The van der Waals surface area contributed by atoms with Gasteiger partial charge in [0.05, 0.1) is 12.6 Å². The summed E-state index contributed by atoms with van der Waals surface area (Å²) in [5.41, 5.74) is 8.22. The van der Waals surface area contributed by atoms with Crippen LogP contribution in [0.1, 0.15) is 54.6 Å². The number of ketones is 1. The Hall–Kier alpha value is -3.32. The topological polar surface area (TPSA) is 65.6 Å². The fourth-order valence-corrected chi connectivity index (χ4v) is 5.87. The summed E-state index contributed by atoms with van der Waals surface area (Å²) in [6.07, 6.45) is 8.48. The zero-order valence-electron chi connectivity index (χ0n) is 18.9. The average Bonchev–Trinajstić information content (AvgIpc) is 2.80. The second-order valence-corrected chi connectivity index (χ2v) is 8.90. The fourth-order valence-electron chi connectivity index (χ4n) is 5.87. The molecule has 0 saturated heterocycles. The van der Waals surface area contributed by atoms with Gasteiger partial charge in [-0.15, -0.1) is 0 Å². The van der Waals surface area contributed by atoms with Crippen LogP contribution in [0.15, 0.2) is 74.9 Å². The highest BCUT2D eigenvalue weighted by Crippen LogP contribution is 2.53. The molecule has 0 N–H and O–H groups in total. The Labute approximate surface area is 190 Å². The molecular formula is C28H29N3O. The van der Waals surface area contributed by atoms with Crippen molar-refractivity contribution < 1.29 is 4.79 Å². The number of fused-ring (bicyclic) bond motifs is 3. The van der Waals surface area contributed by atoms with Crippen LogP contribution in [-0.2, 0) is 13.0 Å². The van der Waals surface area contributed by atoms with Crippen LogP contribution >= 0.6 is 0 Å². The van der Waals surface area contributed by atoms with Gasteiger partial charge in [0.1, 0.15) is 0 Å². The van der Waals surface area contributed by atoms with E-state index in [1.165, 1.54) is 5.57 Å². The van der Waals surface area contributed by atoms with E-state index >= 15 is 0 Å². The molecule has 0 aromatic heterocycles. The highest BCUT2D eigenvalue weighted by molar-refractivity contribution is 6.12. The third kappa shape index (κ3) is 3.62. The lowest BCUT2D eigenvalue weighted by molar-refractivity contribution is 0.0993. The Morgan fingerprint density at radius 2 is 2.12 bits per heavy atom. The number of Topliss-reactive ketones (excluding diaryl/α,β-unsaturated/α-hetero) is 1. The van der Waals surface area contributed by atoms with Gasteiger partial charge >= 0.3 is 0 Å². The summed E-state index contributed by atoms with van der Waals surface area (Å²) < 4.78 is 0. The zero-order valence-corrected chi connectivity index (χ0v) is 18.9. The van der Waals surface area contributed by atoms with Gasteiger partial charge in [0.2, 0.25) is 0 Å². The van der Waals surface area contributed by atoms with Gasteiger partial charge in [0, 0.05) is 35.0 Å². The van der Waals surface area contributed by atoms with Crippen LogP contribution in [0.4, 0.5) is 0 Å². The van der Waals surface area contributed by atoms with Crippen LogP contribution in [0.3, 0.4) is 0 Å². The minimum atomic E-state index is 0.175. The van der Waals surface area contributed by atoms with Crippen molar-refractivity contribution in [2.24, 2.45) is 27.7 Å². The van der Waals surface area contributed by atoms with E-state index in [2.05, 4.69) is 42.3 Å². The quantitative estimate of drug-likeness (QED) is 0.548. The molecule has 3 aliphatic rings. The predicted molar refractivity (Wildman–Crippen MR) is 130 cm³/mol. The molecule has 4 heteroatoms. The molecule has 0 fully saturated rings. The van der Waals surface area contributed by atoms with Gasteiger partial charge in [-0.25, -0.2) is 0 Å². The third-order valence-electron chi connectivity index (χ3n) is 7.34. The van der Waals surface area contributed by atoms with Gasteiger partial charge in [-0.3, -0.25) is 14.8 Å². The number of carbonyl (C=O) groups excluding carboxylic acids is 1. The largest absolute Gasteiger partial charge is 0.289 e. The van der Waals surface area contributed by atoms with Gasteiger partial charge in [-0.2, -0.15) is 5.26 Å². The number of hydrogen-bond acceptors (Lipinski definition) is 4. The SMILES string of the molecule is C=N/C=C\C=NCc1cccc2c1CC1CC3CC(C#N)=C(C)C(=C)C3C(CC)=C1C2=O. The summed E-state index contributed by atoms with van der Waals surface area (Å²) in [6.45, 7) is 12.5. The molecule has 4 nitrogen and oxygen atoms in total. The second kappa shape index (κ2) is 9.04. The van der Waals surface area contributed by atoms with E-state index in [9.17, 15) is 10.1 Å². The van der Waals surface area contributed by atoms with Crippen LogP contribution < -0.4 is 0 Å². The Kier molecular flexibility index (Phi) is 6.19. The van der Waals surface area contributed by atoms with Crippen molar-refractivity contribution >= 4 is 18.7 Å². The first-order valence-electron chi connectivity index (χ1n) is 11.3. The summed E-state index contributed by atoms with van der Waals surface area (Å²) in [7, 11) is 0. The van der Waals surface area contributed by atoms with Gasteiger partial charge in [0.15, 0.2) is 5.78 Å². The normalized spacial score (nSPS) is 25.1. The highest BCUT2D eigenvalue weighted by atomic mass is 16.1. The Bertz CT molecular complexity index is 1160. The van der Waals surface area contributed by atoms with E-state index in [1.54, 1.807) is 18.5 Å². The minimum Gasteiger partial charge on any atom is -0.289 e. The number of benzene rings is 1. The smallest absolute Gasteiger partial charge is 0.189 e. The van der Waals surface area contributed by atoms with Crippen molar-refractivity contribution in [3.8, 4) is 6.07 Å². The molecule has 0 bridgehead atoms. The van der Waals surface area contributed by atoms with Crippen LogP contribution in [0.5, 0.6) is 0 Å². The molecule has 0 heterocycles. The monoisotopic (exact) mass is 423 g/mol. The fraction of sp³-hybridized carbons (Fsp3) is 0.357. The highest BCUT2D eigenvalue weighted by Gasteiger charge is 2.45. The first kappa shape index (κ1) is 21.9. The molecule has 3 atom stereocenters. The lowest BCUT2D eigenvalue weighted by Crippen LogP contribution is -2.38. The van der Waals surface area contributed by atoms with Crippen LogP contribution in [0, 0.1) is 29.1 Å². The van der Waals surface area contributed by atoms with E-state index < -0.39 is 0 Å². The van der Waals surface area contributed by atoms with E-state index in [-0.39, 0.29) is 17.6 Å². The van der Waals surface area contributed by atoms with E-state index in [0.29, 0.717) is 12.5 Å². The summed E-state index contributed by atoms with van der Waals surface area (Å²) in [6, 6.07) is 8.40. The Morgan fingerprint density at radius 1 is 1.31 bits per heavy atom. The standard InChI is InChI=1S/C28H29N3O/c1-5-23-26-18(3)17(2)22(15-29)13-20(26)12-21-14-25-19(16-31-11-7-10-30-4)8-6-9-24(25)28(32)27(21)23/h6-11,20-21,26H,3-5,12-14,16H2,1-2H3/b10-7-,31-11?. The number of hydrogen-bond donors (Lipinski definition) is 0. The summed E-state index contributed by atoms with van der Waals surface area (Å²) in [4.78, 5) is 21.9. The number of nitriles is 1. The van der Waals surface area contributed by atoms with Gasteiger partial charge < -0.3 is 0 Å². The number of rotatable bonds is 5. The van der Waals surface area contributed by atoms with Crippen molar-refractivity contribution in [1.29, 1.82) is 5.26 Å². The molecule has 0 saturated carbocycles. The molecule has 0 amide bonds.